The number of carbonyl (C=O) groups is 1. The second-order valence-corrected chi connectivity index (χ2v) is 8.64. The molecular weight excluding hydrogens is 316 g/mol. The molecule has 6 nitrogen and oxygen atoms in total. The minimum Gasteiger partial charge on any atom is -0.481 e. The van der Waals surface area contributed by atoms with Crippen LogP contribution in [-0.4, -0.2) is 49.1 Å². The topological polar surface area (TPSA) is 86.7 Å². The molecule has 128 valence electrons. The van der Waals surface area contributed by atoms with Crippen molar-refractivity contribution in [3.63, 3.8) is 0 Å². The molecule has 1 heterocycles. The van der Waals surface area contributed by atoms with Crippen molar-refractivity contribution in [2.24, 2.45) is 0 Å². The smallest absolute Gasteiger partial charge is 0.307 e. The number of benzene rings is 1. The maximum atomic E-state index is 12.4. The SMILES string of the molecule is CC(C)(C)N1CCC1CNS(=O)(=O)c1cccc(CC(=O)O)c1. The number of carboxylic acids is 1. The van der Waals surface area contributed by atoms with Gasteiger partial charge in [-0.05, 0) is 44.9 Å². The van der Waals surface area contributed by atoms with Gasteiger partial charge in [-0.25, -0.2) is 13.1 Å². The lowest BCUT2D eigenvalue weighted by molar-refractivity contribution is -0.136. The Balaban J connectivity index is 2.03. The summed E-state index contributed by atoms with van der Waals surface area (Å²) < 4.78 is 27.4. The summed E-state index contributed by atoms with van der Waals surface area (Å²) >= 11 is 0. The minimum atomic E-state index is -3.63. The number of rotatable bonds is 6. The summed E-state index contributed by atoms with van der Waals surface area (Å²) in [4.78, 5) is 13.1. The van der Waals surface area contributed by atoms with Crippen molar-refractivity contribution in [2.75, 3.05) is 13.1 Å². The van der Waals surface area contributed by atoms with E-state index in [-0.39, 0.29) is 22.9 Å². The third kappa shape index (κ3) is 4.53. The van der Waals surface area contributed by atoms with Gasteiger partial charge in [0, 0.05) is 24.7 Å². The van der Waals surface area contributed by atoms with Crippen LogP contribution in [0.25, 0.3) is 0 Å². The molecule has 23 heavy (non-hydrogen) atoms. The largest absolute Gasteiger partial charge is 0.481 e. The highest BCUT2D eigenvalue weighted by Gasteiger charge is 2.36. The van der Waals surface area contributed by atoms with Gasteiger partial charge < -0.3 is 5.11 Å². The number of carboxylic acid groups (broad SMARTS) is 1. The molecule has 0 amide bonds. The van der Waals surface area contributed by atoms with E-state index in [4.69, 9.17) is 5.11 Å². The Kier molecular flexibility index (Phi) is 5.13. The molecule has 1 unspecified atom stereocenters. The molecule has 2 rings (SSSR count). The van der Waals surface area contributed by atoms with E-state index in [2.05, 4.69) is 30.4 Å². The summed E-state index contributed by atoms with van der Waals surface area (Å²) in [5, 5.41) is 8.81. The molecule has 0 aliphatic carbocycles. The Bertz CT molecular complexity index is 680. The van der Waals surface area contributed by atoms with Crippen LogP contribution in [0.2, 0.25) is 0 Å². The van der Waals surface area contributed by atoms with E-state index in [1.54, 1.807) is 12.1 Å². The average Bonchev–Trinajstić information content (AvgIpc) is 2.34. The summed E-state index contributed by atoms with van der Waals surface area (Å²) in [5.41, 5.74) is 0.496. The molecule has 1 aromatic carbocycles. The van der Waals surface area contributed by atoms with Crippen LogP contribution >= 0.6 is 0 Å². The summed E-state index contributed by atoms with van der Waals surface area (Å²) in [6, 6.07) is 6.28. The number of hydrogen-bond donors (Lipinski definition) is 2. The predicted molar refractivity (Wildman–Crippen MR) is 87.8 cm³/mol. The Labute approximate surface area is 137 Å². The zero-order chi connectivity index (χ0) is 17.3. The summed E-state index contributed by atoms with van der Waals surface area (Å²) in [5.74, 6) is -0.984. The van der Waals surface area contributed by atoms with Crippen LogP contribution in [-0.2, 0) is 21.2 Å². The van der Waals surface area contributed by atoms with E-state index < -0.39 is 16.0 Å². The maximum Gasteiger partial charge on any atom is 0.307 e. The first-order valence-electron chi connectivity index (χ1n) is 7.67. The van der Waals surface area contributed by atoms with Crippen LogP contribution in [0, 0.1) is 0 Å². The van der Waals surface area contributed by atoms with Gasteiger partial charge in [0.1, 0.15) is 0 Å². The molecular formula is C16H24N2O4S. The van der Waals surface area contributed by atoms with E-state index in [1.807, 2.05) is 0 Å². The Hall–Kier alpha value is -1.44. The Morgan fingerprint density at radius 2 is 2.09 bits per heavy atom. The standard InChI is InChI=1S/C16H24N2O4S/c1-16(2,3)18-8-7-13(18)11-17-23(21,22)14-6-4-5-12(9-14)10-15(19)20/h4-6,9,13,17H,7-8,10-11H2,1-3H3,(H,19,20). The van der Waals surface area contributed by atoms with Crippen molar-refractivity contribution < 1.29 is 18.3 Å². The van der Waals surface area contributed by atoms with Crippen molar-refractivity contribution in [2.45, 2.75) is 50.1 Å². The first-order chi connectivity index (χ1) is 10.6. The fraction of sp³-hybridized carbons (Fsp3) is 0.562. The normalized spacial score (nSPS) is 19.3. The van der Waals surface area contributed by atoms with Gasteiger partial charge in [-0.1, -0.05) is 12.1 Å². The molecule has 0 spiro atoms. The second kappa shape index (κ2) is 6.59. The third-order valence-electron chi connectivity index (χ3n) is 4.08. The highest BCUT2D eigenvalue weighted by Crippen LogP contribution is 2.27. The van der Waals surface area contributed by atoms with Gasteiger partial charge in [0.2, 0.25) is 10.0 Å². The van der Waals surface area contributed by atoms with Gasteiger partial charge in [-0.3, -0.25) is 9.69 Å². The number of hydrogen-bond acceptors (Lipinski definition) is 4. The second-order valence-electron chi connectivity index (χ2n) is 6.88. The maximum absolute atomic E-state index is 12.4. The number of nitrogens with one attached hydrogen (secondary N) is 1. The first kappa shape index (κ1) is 17.9. The van der Waals surface area contributed by atoms with Crippen molar-refractivity contribution in [3.8, 4) is 0 Å². The summed E-state index contributed by atoms with van der Waals surface area (Å²) in [6.45, 7) is 7.68. The van der Waals surface area contributed by atoms with Gasteiger partial charge in [0.05, 0.1) is 11.3 Å². The van der Waals surface area contributed by atoms with Crippen LogP contribution in [0.5, 0.6) is 0 Å². The molecule has 2 N–H and O–H groups in total. The van der Waals surface area contributed by atoms with E-state index in [0.717, 1.165) is 13.0 Å². The quantitative estimate of drug-likeness (QED) is 0.819. The van der Waals surface area contributed by atoms with Crippen molar-refractivity contribution in [1.82, 2.24) is 9.62 Å². The Morgan fingerprint density at radius 3 is 2.61 bits per heavy atom. The number of aliphatic carboxylic acids is 1. The van der Waals surface area contributed by atoms with Crippen LogP contribution in [0.3, 0.4) is 0 Å². The molecule has 1 saturated heterocycles. The van der Waals surface area contributed by atoms with Crippen LogP contribution in [0.4, 0.5) is 0 Å². The lowest BCUT2D eigenvalue weighted by Crippen LogP contribution is -2.60. The minimum absolute atomic E-state index is 0.0236. The number of sulfonamides is 1. The molecule has 1 aliphatic heterocycles. The van der Waals surface area contributed by atoms with Crippen molar-refractivity contribution >= 4 is 16.0 Å². The average molecular weight is 340 g/mol. The molecule has 0 saturated carbocycles. The zero-order valence-electron chi connectivity index (χ0n) is 13.7. The highest BCUT2D eigenvalue weighted by molar-refractivity contribution is 7.89. The molecule has 1 fully saturated rings. The lowest BCUT2D eigenvalue weighted by Gasteiger charge is -2.49. The molecule has 0 radical (unpaired) electrons. The Morgan fingerprint density at radius 1 is 1.39 bits per heavy atom. The summed E-state index contributed by atoms with van der Waals surface area (Å²) in [7, 11) is -3.63. The molecule has 1 aliphatic rings. The van der Waals surface area contributed by atoms with Crippen LogP contribution < -0.4 is 4.72 Å². The predicted octanol–water partition coefficient (Wildman–Crippen LogP) is 1.46. The van der Waals surface area contributed by atoms with Crippen molar-refractivity contribution in [1.29, 1.82) is 0 Å². The van der Waals surface area contributed by atoms with E-state index in [9.17, 15) is 13.2 Å². The van der Waals surface area contributed by atoms with E-state index in [1.165, 1.54) is 12.1 Å². The lowest BCUT2D eigenvalue weighted by atomic mass is 9.93. The van der Waals surface area contributed by atoms with E-state index in [0.29, 0.717) is 12.1 Å². The van der Waals surface area contributed by atoms with Gasteiger partial charge >= 0.3 is 5.97 Å². The molecule has 1 aromatic rings. The van der Waals surface area contributed by atoms with Gasteiger partial charge in [-0.2, -0.15) is 0 Å². The fourth-order valence-corrected chi connectivity index (χ4v) is 3.97. The molecule has 0 bridgehead atoms. The highest BCUT2D eigenvalue weighted by atomic mass is 32.2. The van der Waals surface area contributed by atoms with E-state index >= 15 is 0 Å². The first-order valence-corrected chi connectivity index (χ1v) is 9.15. The zero-order valence-corrected chi connectivity index (χ0v) is 14.6. The molecule has 7 heteroatoms. The van der Waals surface area contributed by atoms with Gasteiger partial charge in [0.25, 0.3) is 0 Å². The van der Waals surface area contributed by atoms with Crippen molar-refractivity contribution in [3.05, 3.63) is 29.8 Å². The van der Waals surface area contributed by atoms with Crippen LogP contribution in [0.15, 0.2) is 29.2 Å². The fourth-order valence-electron chi connectivity index (χ4n) is 2.82. The van der Waals surface area contributed by atoms with Crippen LogP contribution in [0.1, 0.15) is 32.8 Å². The molecule has 1 atom stereocenters. The molecule has 0 aromatic heterocycles. The monoisotopic (exact) mass is 340 g/mol. The number of nitrogens with zero attached hydrogens (tertiary/aromatic N) is 1. The summed E-state index contributed by atoms with van der Waals surface area (Å²) in [6.07, 6.45) is 0.780. The third-order valence-corrected chi connectivity index (χ3v) is 5.50. The number of likely N-dealkylation sites (tertiary alicyclic amines) is 1. The van der Waals surface area contributed by atoms with Gasteiger partial charge in [0.15, 0.2) is 0 Å². The van der Waals surface area contributed by atoms with Gasteiger partial charge in [-0.15, -0.1) is 0 Å².